The van der Waals surface area contributed by atoms with Crippen LogP contribution in [0, 0.1) is 0 Å². The highest BCUT2D eigenvalue weighted by Gasteiger charge is 2.08. The maximum absolute atomic E-state index is 5.60. The Labute approximate surface area is 102 Å². The monoisotopic (exact) mass is 278 g/mol. The minimum absolute atomic E-state index is 0.442. The van der Waals surface area contributed by atoms with Crippen LogP contribution in [0.15, 0.2) is 29.0 Å². The molecule has 2 heterocycles. The lowest BCUT2D eigenvalue weighted by molar-refractivity contribution is 1.01. The van der Waals surface area contributed by atoms with Crippen LogP contribution in [0.3, 0.4) is 0 Å². The fraction of sp³-hybridized carbons (Fsp3) is 0.182. The van der Waals surface area contributed by atoms with Gasteiger partial charge in [-0.05, 0) is 34.5 Å². The SMILES string of the molecule is CCc1nc(N)cnc1-c1ccc(Br)cn1. The number of aromatic nitrogens is 3. The maximum Gasteiger partial charge on any atom is 0.142 e. The predicted molar refractivity (Wildman–Crippen MR) is 66.8 cm³/mol. The first-order valence-electron chi connectivity index (χ1n) is 4.94. The number of nitrogen functional groups attached to an aromatic ring is 1. The highest BCUT2D eigenvalue weighted by atomic mass is 79.9. The van der Waals surface area contributed by atoms with Gasteiger partial charge in [-0.2, -0.15) is 0 Å². The zero-order valence-corrected chi connectivity index (χ0v) is 10.4. The van der Waals surface area contributed by atoms with E-state index in [9.17, 15) is 0 Å². The van der Waals surface area contributed by atoms with Gasteiger partial charge in [0, 0.05) is 10.7 Å². The van der Waals surface area contributed by atoms with Crippen LogP contribution in [0.2, 0.25) is 0 Å². The minimum Gasteiger partial charge on any atom is -0.382 e. The Morgan fingerprint density at radius 3 is 2.69 bits per heavy atom. The second kappa shape index (κ2) is 4.57. The molecule has 0 aliphatic rings. The molecule has 0 aliphatic heterocycles. The molecule has 0 unspecified atom stereocenters. The minimum atomic E-state index is 0.442. The standard InChI is InChI=1S/C11H11BrN4/c1-2-8-11(15-6-10(13)16-8)9-4-3-7(12)5-14-9/h3-6H,2H2,1H3,(H2,13,16). The molecule has 4 nitrogen and oxygen atoms in total. The summed E-state index contributed by atoms with van der Waals surface area (Å²) in [5, 5.41) is 0. The third kappa shape index (κ3) is 2.19. The van der Waals surface area contributed by atoms with Gasteiger partial charge < -0.3 is 5.73 Å². The van der Waals surface area contributed by atoms with Gasteiger partial charge in [-0.3, -0.25) is 4.98 Å². The Hall–Kier alpha value is -1.49. The van der Waals surface area contributed by atoms with Gasteiger partial charge in [-0.15, -0.1) is 0 Å². The molecule has 0 fully saturated rings. The molecule has 0 atom stereocenters. The van der Waals surface area contributed by atoms with E-state index in [2.05, 4.69) is 30.9 Å². The molecule has 0 aromatic carbocycles. The summed E-state index contributed by atoms with van der Waals surface area (Å²) < 4.78 is 0.942. The molecule has 2 aromatic rings. The van der Waals surface area contributed by atoms with Crippen LogP contribution in [0.5, 0.6) is 0 Å². The second-order valence-corrected chi connectivity index (χ2v) is 4.22. The van der Waals surface area contributed by atoms with Crippen LogP contribution < -0.4 is 5.73 Å². The average Bonchev–Trinajstić information content (AvgIpc) is 2.30. The van der Waals surface area contributed by atoms with Crippen molar-refractivity contribution in [2.75, 3.05) is 5.73 Å². The number of nitrogens with two attached hydrogens (primary N) is 1. The van der Waals surface area contributed by atoms with Gasteiger partial charge in [0.25, 0.3) is 0 Å². The topological polar surface area (TPSA) is 64.7 Å². The number of aryl methyl sites for hydroxylation is 1. The first kappa shape index (κ1) is 11.0. The summed E-state index contributed by atoms with van der Waals surface area (Å²) in [6.07, 6.45) is 4.08. The number of rotatable bonds is 2. The molecule has 5 heteroatoms. The zero-order chi connectivity index (χ0) is 11.5. The van der Waals surface area contributed by atoms with Gasteiger partial charge >= 0.3 is 0 Å². The number of hydrogen-bond donors (Lipinski definition) is 1. The maximum atomic E-state index is 5.60. The van der Waals surface area contributed by atoms with Gasteiger partial charge in [0.15, 0.2) is 0 Å². The van der Waals surface area contributed by atoms with Crippen LogP contribution in [0.1, 0.15) is 12.6 Å². The molecule has 2 rings (SSSR count). The van der Waals surface area contributed by atoms with Gasteiger partial charge in [0.1, 0.15) is 11.5 Å². The molecule has 0 radical (unpaired) electrons. The molecule has 0 amide bonds. The third-order valence-corrected chi connectivity index (χ3v) is 2.64. The van der Waals surface area contributed by atoms with Crippen LogP contribution in [0.4, 0.5) is 5.82 Å². The number of anilines is 1. The van der Waals surface area contributed by atoms with Gasteiger partial charge in [0.05, 0.1) is 17.6 Å². The molecule has 16 heavy (non-hydrogen) atoms. The molecule has 2 N–H and O–H groups in total. The first-order valence-corrected chi connectivity index (χ1v) is 5.73. The summed E-state index contributed by atoms with van der Waals surface area (Å²) in [6.45, 7) is 2.02. The summed E-state index contributed by atoms with van der Waals surface area (Å²) >= 11 is 3.35. The Morgan fingerprint density at radius 1 is 1.25 bits per heavy atom. The Bertz CT molecular complexity index is 496. The molecule has 82 valence electrons. The van der Waals surface area contributed by atoms with Crippen LogP contribution in [-0.4, -0.2) is 15.0 Å². The lowest BCUT2D eigenvalue weighted by Gasteiger charge is -2.05. The largest absolute Gasteiger partial charge is 0.382 e. The van der Waals surface area contributed by atoms with E-state index in [1.165, 1.54) is 0 Å². The van der Waals surface area contributed by atoms with Crippen molar-refractivity contribution in [1.29, 1.82) is 0 Å². The summed E-state index contributed by atoms with van der Waals surface area (Å²) in [5.41, 5.74) is 8.08. The second-order valence-electron chi connectivity index (χ2n) is 3.31. The molecule has 0 spiro atoms. The normalized spacial score (nSPS) is 10.4. The van der Waals surface area contributed by atoms with Gasteiger partial charge in [0.2, 0.25) is 0 Å². The van der Waals surface area contributed by atoms with Crippen LogP contribution in [0.25, 0.3) is 11.4 Å². The van der Waals surface area contributed by atoms with Crippen molar-refractivity contribution in [1.82, 2.24) is 15.0 Å². The van der Waals surface area contributed by atoms with Gasteiger partial charge in [-0.25, -0.2) is 9.97 Å². The lowest BCUT2D eigenvalue weighted by atomic mass is 10.2. The van der Waals surface area contributed by atoms with E-state index in [1.807, 2.05) is 19.1 Å². The Morgan fingerprint density at radius 2 is 2.06 bits per heavy atom. The van der Waals surface area contributed by atoms with Crippen molar-refractivity contribution >= 4 is 21.7 Å². The van der Waals surface area contributed by atoms with E-state index in [1.54, 1.807) is 12.4 Å². The van der Waals surface area contributed by atoms with Crippen molar-refractivity contribution in [3.63, 3.8) is 0 Å². The lowest BCUT2D eigenvalue weighted by Crippen LogP contribution is -2.01. The van der Waals surface area contributed by atoms with Crippen molar-refractivity contribution in [3.8, 4) is 11.4 Å². The van der Waals surface area contributed by atoms with Crippen LogP contribution in [-0.2, 0) is 6.42 Å². The predicted octanol–water partition coefficient (Wildman–Crippen LogP) is 2.45. The smallest absolute Gasteiger partial charge is 0.142 e. The van der Waals surface area contributed by atoms with E-state index < -0.39 is 0 Å². The molecule has 0 saturated carbocycles. The van der Waals surface area contributed by atoms with E-state index in [-0.39, 0.29) is 0 Å². The van der Waals surface area contributed by atoms with Crippen molar-refractivity contribution in [3.05, 3.63) is 34.7 Å². The van der Waals surface area contributed by atoms with Crippen LogP contribution >= 0.6 is 15.9 Å². The molecule has 0 bridgehead atoms. The third-order valence-electron chi connectivity index (χ3n) is 2.17. The molecular weight excluding hydrogens is 268 g/mol. The molecular formula is C11H11BrN4. The van der Waals surface area contributed by atoms with E-state index in [0.29, 0.717) is 5.82 Å². The van der Waals surface area contributed by atoms with E-state index in [4.69, 9.17) is 5.73 Å². The summed E-state index contributed by atoms with van der Waals surface area (Å²) in [7, 11) is 0. The number of nitrogens with zero attached hydrogens (tertiary/aromatic N) is 3. The summed E-state index contributed by atoms with van der Waals surface area (Å²) in [4.78, 5) is 12.8. The number of hydrogen-bond acceptors (Lipinski definition) is 4. The fourth-order valence-electron chi connectivity index (χ4n) is 1.42. The number of pyridine rings is 1. The molecule has 2 aromatic heterocycles. The highest BCUT2D eigenvalue weighted by molar-refractivity contribution is 9.10. The number of halogens is 1. The van der Waals surface area contributed by atoms with Gasteiger partial charge in [-0.1, -0.05) is 6.92 Å². The molecule has 0 aliphatic carbocycles. The Balaban J connectivity index is 2.51. The summed E-state index contributed by atoms with van der Waals surface area (Å²) in [5.74, 6) is 0.442. The molecule has 0 saturated heterocycles. The quantitative estimate of drug-likeness (QED) is 0.917. The summed E-state index contributed by atoms with van der Waals surface area (Å²) in [6, 6.07) is 3.84. The van der Waals surface area contributed by atoms with Crippen molar-refractivity contribution in [2.24, 2.45) is 0 Å². The average molecular weight is 279 g/mol. The first-order chi connectivity index (χ1) is 7.70. The fourth-order valence-corrected chi connectivity index (χ4v) is 1.65. The zero-order valence-electron chi connectivity index (χ0n) is 8.81. The van der Waals surface area contributed by atoms with Crippen molar-refractivity contribution < 1.29 is 0 Å². The van der Waals surface area contributed by atoms with Crippen molar-refractivity contribution in [2.45, 2.75) is 13.3 Å². The Kier molecular flexibility index (Phi) is 3.14. The van der Waals surface area contributed by atoms with E-state index >= 15 is 0 Å². The van der Waals surface area contributed by atoms with E-state index in [0.717, 1.165) is 28.0 Å². The highest BCUT2D eigenvalue weighted by Crippen LogP contribution is 2.20.